The SMILES string of the molecule is CCc1nsc(NCCC(N)=O)n1. The van der Waals surface area contributed by atoms with Crippen LogP contribution in [0.3, 0.4) is 0 Å². The Hall–Kier alpha value is -1.17. The van der Waals surface area contributed by atoms with Gasteiger partial charge in [0, 0.05) is 30.9 Å². The molecule has 0 radical (unpaired) electrons. The Morgan fingerprint density at radius 2 is 2.46 bits per heavy atom. The van der Waals surface area contributed by atoms with Crippen molar-refractivity contribution in [2.24, 2.45) is 5.73 Å². The molecule has 6 heteroatoms. The lowest BCUT2D eigenvalue weighted by Crippen LogP contribution is -2.15. The van der Waals surface area contributed by atoms with E-state index in [-0.39, 0.29) is 5.91 Å². The van der Waals surface area contributed by atoms with Crippen LogP contribution in [-0.4, -0.2) is 21.8 Å². The fraction of sp³-hybridized carbons (Fsp3) is 0.571. The number of anilines is 1. The van der Waals surface area contributed by atoms with Gasteiger partial charge in [0.05, 0.1) is 0 Å². The third-order valence-electron chi connectivity index (χ3n) is 1.43. The highest BCUT2D eigenvalue weighted by Crippen LogP contribution is 2.10. The van der Waals surface area contributed by atoms with Crippen molar-refractivity contribution in [1.29, 1.82) is 0 Å². The first kappa shape index (κ1) is 9.91. The van der Waals surface area contributed by atoms with Gasteiger partial charge >= 0.3 is 0 Å². The van der Waals surface area contributed by atoms with Crippen molar-refractivity contribution in [2.45, 2.75) is 19.8 Å². The maximum Gasteiger partial charge on any atom is 0.219 e. The van der Waals surface area contributed by atoms with Gasteiger partial charge in [0.2, 0.25) is 11.0 Å². The number of primary amides is 1. The fourth-order valence-electron chi connectivity index (χ4n) is 0.762. The number of rotatable bonds is 5. The molecule has 1 heterocycles. The Balaban J connectivity index is 2.32. The van der Waals surface area contributed by atoms with Crippen LogP contribution in [0.5, 0.6) is 0 Å². The summed E-state index contributed by atoms with van der Waals surface area (Å²) in [6, 6.07) is 0. The summed E-state index contributed by atoms with van der Waals surface area (Å²) in [6.07, 6.45) is 1.15. The zero-order valence-electron chi connectivity index (χ0n) is 7.41. The van der Waals surface area contributed by atoms with Gasteiger partial charge in [-0.3, -0.25) is 4.79 Å². The van der Waals surface area contributed by atoms with Crippen LogP contribution in [-0.2, 0) is 11.2 Å². The second kappa shape index (κ2) is 4.76. The highest BCUT2D eigenvalue weighted by atomic mass is 32.1. The third-order valence-corrected chi connectivity index (χ3v) is 2.14. The molecule has 0 aromatic carbocycles. The minimum atomic E-state index is -0.312. The van der Waals surface area contributed by atoms with E-state index in [4.69, 9.17) is 5.73 Å². The predicted octanol–water partition coefficient (Wildman–Crippen LogP) is 0.388. The lowest BCUT2D eigenvalue weighted by atomic mass is 10.4. The Morgan fingerprint density at radius 1 is 1.69 bits per heavy atom. The molecule has 0 atom stereocenters. The Kier molecular flexibility index (Phi) is 3.63. The maximum absolute atomic E-state index is 10.4. The number of nitrogens with zero attached hydrogens (tertiary/aromatic N) is 2. The standard InChI is InChI=1S/C7H12N4OS/c1-2-6-10-7(13-11-6)9-4-3-5(8)12/h2-4H2,1H3,(H2,8,12)(H,9,10,11). The van der Waals surface area contributed by atoms with Gasteiger partial charge < -0.3 is 11.1 Å². The molecular formula is C7H12N4OS. The molecule has 0 saturated carbocycles. The normalized spacial score (nSPS) is 9.92. The summed E-state index contributed by atoms with van der Waals surface area (Å²) in [5.74, 6) is 0.513. The Labute approximate surface area is 80.5 Å². The summed E-state index contributed by atoms with van der Waals surface area (Å²) in [4.78, 5) is 14.6. The zero-order chi connectivity index (χ0) is 9.68. The Morgan fingerprint density at radius 3 is 3.00 bits per heavy atom. The second-order valence-electron chi connectivity index (χ2n) is 2.51. The maximum atomic E-state index is 10.4. The number of hydrogen-bond acceptors (Lipinski definition) is 5. The first-order chi connectivity index (χ1) is 6.22. The lowest BCUT2D eigenvalue weighted by molar-refractivity contribution is -0.117. The second-order valence-corrected chi connectivity index (χ2v) is 3.26. The summed E-state index contributed by atoms with van der Waals surface area (Å²) in [6.45, 7) is 2.52. The number of hydrogen-bond donors (Lipinski definition) is 2. The number of aryl methyl sites for hydroxylation is 1. The molecule has 1 aromatic heterocycles. The number of amides is 1. The first-order valence-corrected chi connectivity index (χ1v) is 4.84. The summed E-state index contributed by atoms with van der Waals surface area (Å²) < 4.78 is 4.08. The molecule has 3 N–H and O–H groups in total. The minimum Gasteiger partial charge on any atom is -0.370 e. The quantitative estimate of drug-likeness (QED) is 0.720. The molecule has 0 aliphatic carbocycles. The van der Waals surface area contributed by atoms with Gasteiger partial charge in [-0.1, -0.05) is 6.92 Å². The smallest absolute Gasteiger partial charge is 0.219 e. The molecule has 0 unspecified atom stereocenters. The van der Waals surface area contributed by atoms with Crippen molar-refractivity contribution >= 4 is 22.6 Å². The molecule has 72 valence electrons. The molecule has 13 heavy (non-hydrogen) atoms. The molecule has 0 saturated heterocycles. The van der Waals surface area contributed by atoms with E-state index in [1.54, 1.807) is 0 Å². The van der Waals surface area contributed by atoms with Gasteiger partial charge in [-0.2, -0.15) is 4.37 Å². The highest BCUT2D eigenvalue weighted by molar-refractivity contribution is 7.09. The topological polar surface area (TPSA) is 80.9 Å². The summed E-state index contributed by atoms with van der Waals surface area (Å²) >= 11 is 1.30. The monoisotopic (exact) mass is 200 g/mol. The number of nitrogens with one attached hydrogen (secondary N) is 1. The average molecular weight is 200 g/mol. The predicted molar refractivity (Wildman–Crippen MR) is 51.6 cm³/mol. The van der Waals surface area contributed by atoms with Gasteiger partial charge in [0.15, 0.2) is 0 Å². The van der Waals surface area contributed by atoms with E-state index >= 15 is 0 Å². The molecule has 0 aliphatic rings. The fourth-order valence-corrected chi connectivity index (χ4v) is 1.44. The van der Waals surface area contributed by atoms with E-state index in [2.05, 4.69) is 14.7 Å². The molecule has 0 spiro atoms. The van der Waals surface area contributed by atoms with Gasteiger partial charge in [0.1, 0.15) is 5.82 Å². The largest absolute Gasteiger partial charge is 0.370 e. The summed E-state index contributed by atoms with van der Waals surface area (Å²) in [7, 11) is 0. The molecular weight excluding hydrogens is 188 g/mol. The molecule has 1 aromatic rings. The van der Waals surface area contributed by atoms with Crippen LogP contribution in [0.25, 0.3) is 0 Å². The van der Waals surface area contributed by atoms with Crippen molar-refractivity contribution in [2.75, 3.05) is 11.9 Å². The molecule has 0 bridgehead atoms. The lowest BCUT2D eigenvalue weighted by Gasteiger charge is -1.97. The zero-order valence-corrected chi connectivity index (χ0v) is 8.23. The highest BCUT2D eigenvalue weighted by Gasteiger charge is 2.01. The molecule has 1 amide bonds. The third kappa shape index (κ3) is 3.37. The van der Waals surface area contributed by atoms with Crippen molar-refractivity contribution in [3.8, 4) is 0 Å². The van der Waals surface area contributed by atoms with E-state index in [0.717, 1.165) is 17.4 Å². The molecule has 5 nitrogen and oxygen atoms in total. The van der Waals surface area contributed by atoms with Crippen LogP contribution in [0, 0.1) is 0 Å². The van der Waals surface area contributed by atoms with Crippen LogP contribution < -0.4 is 11.1 Å². The Bertz CT molecular complexity index is 286. The van der Waals surface area contributed by atoms with E-state index in [1.165, 1.54) is 11.5 Å². The van der Waals surface area contributed by atoms with E-state index < -0.39 is 0 Å². The van der Waals surface area contributed by atoms with Crippen LogP contribution in [0.1, 0.15) is 19.2 Å². The summed E-state index contributed by atoms with van der Waals surface area (Å²) in [5, 5.41) is 3.72. The van der Waals surface area contributed by atoms with Gasteiger partial charge in [0.25, 0.3) is 0 Å². The number of carbonyl (C=O) groups excluding carboxylic acids is 1. The van der Waals surface area contributed by atoms with Crippen molar-refractivity contribution in [3.05, 3.63) is 5.82 Å². The van der Waals surface area contributed by atoms with E-state index in [1.807, 2.05) is 6.92 Å². The van der Waals surface area contributed by atoms with Gasteiger partial charge in [-0.15, -0.1) is 0 Å². The molecule has 0 fully saturated rings. The van der Waals surface area contributed by atoms with Crippen LogP contribution in [0.2, 0.25) is 0 Å². The van der Waals surface area contributed by atoms with Gasteiger partial charge in [-0.05, 0) is 0 Å². The van der Waals surface area contributed by atoms with Crippen LogP contribution >= 0.6 is 11.5 Å². The number of nitrogens with two attached hydrogens (primary N) is 1. The minimum absolute atomic E-state index is 0.312. The van der Waals surface area contributed by atoms with Crippen molar-refractivity contribution < 1.29 is 4.79 Å². The van der Waals surface area contributed by atoms with Crippen molar-refractivity contribution in [1.82, 2.24) is 9.36 Å². The molecule has 1 rings (SSSR count). The van der Waals surface area contributed by atoms with Crippen molar-refractivity contribution in [3.63, 3.8) is 0 Å². The first-order valence-electron chi connectivity index (χ1n) is 4.07. The number of carbonyl (C=O) groups is 1. The van der Waals surface area contributed by atoms with E-state index in [0.29, 0.717) is 13.0 Å². The van der Waals surface area contributed by atoms with Crippen LogP contribution in [0.4, 0.5) is 5.13 Å². The summed E-state index contributed by atoms with van der Waals surface area (Å²) in [5.41, 5.74) is 4.98. The van der Waals surface area contributed by atoms with E-state index in [9.17, 15) is 4.79 Å². The average Bonchev–Trinajstić information content (AvgIpc) is 2.52. The molecule has 0 aliphatic heterocycles. The van der Waals surface area contributed by atoms with Crippen LogP contribution in [0.15, 0.2) is 0 Å². The number of aromatic nitrogens is 2. The van der Waals surface area contributed by atoms with Gasteiger partial charge in [-0.25, -0.2) is 4.98 Å².